The zero-order valence-electron chi connectivity index (χ0n) is 16.2. The monoisotopic (exact) mass is 422 g/mol. The fourth-order valence-electron chi connectivity index (χ4n) is 3.10. The number of anilines is 1. The summed E-state index contributed by atoms with van der Waals surface area (Å²) in [5, 5.41) is 12.0. The number of H-pyrrole nitrogens is 1. The van der Waals surface area contributed by atoms with Gasteiger partial charge in [0, 0.05) is 23.2 Å². The third-order valence-corrected chi connectivity index (χ3v) is 4.61. The Hall–Kier alpha value is -3.36. The molecule has 158 valence electrons. The number of phenolic OH excluding ortho intramolecular Hbond substituents is 1. The fraction of sp³-hybridized carbons (Fsp3) is 0.238. The summed E-state index contributed by atoms with van der Waals surface area (Å²) < 4.78 is 53.8. The van der Waals surface area contributed by atoms with Gasteiger partial charge in [0.15, 0.2) is 0 Å². The molecule has 5 nitrogen and oxygen atoms in total. The number of pyridine rings is 1. The van der Waals surface area contributed by atoms with E-state index in [0.29, 0.717) is 5.56 Å². The molecule has 0 saturated carbocycles. The van der Waals surface area contributed by atoms with Crippen molar-refractivity contribution in [2.24, 2.45) is 0 Å². The number of para-hydroxylation sites is 1. The summed E-state index contributed by atoms with van der Waals surface area (Å²) in [5.74, 6) is -2.11. The third-order valence-electron chi connectivity index (χ3n) is 4.61. The maximum atomic E-state index is 14.4. The van der Waals surface area contributed by atoms with Crippen LogP contribution < -0.4 is 10.7 Å². The van der Waals surface area contributed by atoms with Crippen LogP contribution in [0.2, 0.25) is 0 Å². The number of nitrogens with one attached hydrogen (secondary N) is 2. The lowest BCUT2D eigenvalue weighted by Gasteiger charge is -2.21. The number of aromatic amines is 1. The number of carbonyl (C=O) groups is 1. The first-order valence-corrected chi connectivity index (χ1v) is 8.86. The van der Waals surface area contributed by atoms with Gasteiger partial charge in [-0.05, 0) is 23.6 Å². The summed E-state index contributed by atoms with van der Waals surface area (Å²) in [6.07, 6.45) is -3.85. The molecule has 3 N–H and O–H groups in total. The number of benzene rings is 2. The summed E-state index contributed by atoms with van der Waals surface area (Å²) in [6, 6.07) is 5.12. The molecule has 3 aromatic rings. The van der Waals surface area contributed by atoms with Crippen molar-refractivity contribution in [2.45, 2.75) is 32.4 Å². The molecular formula is C21H18F4N2O3. The number of rotatable bonds is 2. The van der Waals surface area contributed by atoms with Crippen molar-refractivity contribution >= 4 is 22.5 Å². The Kier molecular flexibility index (Phi) is 5.09. The molecule has 0 aliphatic carbocycles. The fourth-order valence-corrected chi connectivity index (χ4v) is 3.10. The lowest BCUT2D eigenvalue weighted by molar-refractivity contribution is -0.136. The summed E-state index contributed by atoms with van der Waals surface area (Å²) in [4.78, 5) is 27.4. The van der Waals surface area contributed by atoms with E-state index < -0.39 is 45.4 Å². The van der Waals surface area contributed by atoms with Crippen LogP contribution in [0.5, 0.6) is 5.75 Å². The second-order valence-corrected chi connectivity index (χ2v) is 7.81. The van der Waals surface area contributed by atoms with Crippen LogP contribution in [0.15, 0.2) is 41.3 Å². The van der Waals surface area contributed by atoms with Crippen LogP contribution in [0.1, 0.15) is 42.3 Å². The molecule has 0 aliphatic rings. The molecule has 2 aromatic carbocycles. The van der Waals surface area contributed by atoms with Crippen molar-refractivity contribution in [1.29, 1.82) is 0 Å². The Morgan fingerprint density at radius 3 is 2.37 bits per heavy atom. The maximum absolute atomic E-state index is 14.4. The average molecular weight is 422 g/mol. The molecule has 1 aromatic heterocycles. The van der Waals surface area contributed by atoms with Crippen LogP contribution in [-0.2, 0) is 11.6 Å². The van der Waals surface area contributed by atoms with Crippen LogP contribution >= 0.6 is 0 Å². The second kappa shape index (κ2) is 7.16. The number of alkyl halides is 3. The van der Waals surface area contributed by atoms with Gasteiger partial charge in [-0.15, -0.1) is 0 Å². The van der Waals surface area contributed by atoms with Gasteiger partial charge in [0.25, 0.3) is 5.91 Å². The number of halogens is 4. The number of aromatic nitrogens is 1. The van der Waals surface area contributed by atoms with Crippen LogP contribution in [0, 0.1) is 5.82 Å². The molecule has 0 bridgehead atoms. The number of hydrogen-bond acceptors (Lipinski definition) is 3. The highest BCUT2D eigenvalue weighted by Gasteiger charge is 2.33. The van der Waals surface area contributed by atoms with Gasteiger partial charge in [0.2, 0.25) is 5.43 Å². The van der Waals surface area contributed by atoms with Gasteiger partial charge in [-0.3, -0.25) is 9.59 Å². The minimum Gasteiger partial charge on any atom is -0.508 e. The van der Waals surface area contributed by atoms with E-state index >= 15 is 0 Å². The Morgan fingerprint density at radius 1 is 1.10 bits per heavy atom. The highest BCUT2D eigenvalue weighted by Crippen LogP contribution is 2.35. The average Bonchev–Trinajstić information content (AvgIpc) is 2.62. The molecule has 0 aliphatic heterocycles. The van der Waals surface area contributed by atoms with Crippen molar-refractivity contribution in [2.75, 3.05) is 5.32 Å². The summed E-state index contributed by atoms with van der Waals surface area (Å²) >= 11 is 0. The predicted octanol–water partition coefficient (Wildman–Crippen LogP) is 4.94. The van der Waals surface area contributed by atoms with E-state index in [1.54, 1.807) is 20.8 Å². The molecule has 1 heterocycles. The first-order chi connectivity index (χ1) is 13.8. The maximum Gasteiger partial charge on any atom is 0.418 e. The number of amides is 1. The first kappa shape index (κ1) is 21.4. The number of aromatic hydroxyl groups is 1. The normalized spacial score (nSPS) is 12.2. The second-order valence-electron chi connectivity index (χ2n) is 7.81. The van der Waals surface area contributed by atoms with Crippen LogP contribution in [0.4, 0.5) is 23.2 Å². The van der Waals surface area contributed by atoms with Gasteiger partial charge < -0.3 is 15.4 Å². The Morgan fingerprint density at radius 2 is 1.77 bits per heavy atom. The predicted molar refractivity (Wildman–Crippen MR) is 104 cm³/mol. The lowest BCUT2D eigenvalue weighted by atomic mass is 9.86. The molecule has 9 heteroatoms. The summed E-state index contributed by atoms with van der Waals surface area (Å²) in [6.45, 7) is 5.30. The number of phenols is 1. The molecule has 30 heavy (non-hydrogen) atoms. The van der Waals surface area contributed by atoms with Crippen molar-refractivity contribution < 1.29 is 27.5 Å². The van der Waals surface area contributed by atoms with E-state index in [9.17, 15) is 32.3 Å². The third kappa shape index (κ3) is 3.87. The molecule has 3 rings (SSSR count). The van der Waals surface area contributed by atoms with E-state index in [1.165, 1.54) is 0 Å². The van der Waals surface area contributed by atoms with Gasteiger partial charge in [-0.2, -0.15) is 13.2 Å². The largest absolute Gasteiger partial charge is 0.508 e. The van der Waals surface area contributed by atoms with Crippen LogP contribution in [-0.4, -0.2) is 16.0 Å². The lowest BCUT2D eigenvalue weighted by Crippen LogP contribution is -2.23. The van der Waals surface area contributed by atoms with Gasteiger partial charge in [0.05, 0.1) is 16.8 Å². The number of carbonyl (C=O) groups excluding carboxylic acids is 1. The Labute approximate surface area is 168 Å². The minimum atomic E-state index is -4.69. The summed E-state index contributed by atoms with van der Waals surface area (Å²) in [5.41, 5.74) is -3.54. The smallest absolute Gasteiger partial charge is 0.418 e. The molecule has 0 fully saturated rings. The van der Waals surface area contributed by atoms with E-state index in [2.05, 4.69) is 10.3 Å². The molecule has 1 amide bonds. The van der Waals surface area contributed by atoms with Gasteiger partial charge in [0.1, 0.15) is 17.1 Å². The van der Waals surface area contributed by atoms with E-state index in [1.807, 2.05) is 0 Å². The van der Waals surface area contributed by atoms with E-state index in [-0.39, 0.29) is 16.8 Å². The van der Waals surface area contributed by atoms with E-state index in [0.717, 1.165) is 36.5 Å². The minimum absolute atomic E-state index is 0.249. The van der Waals surface area contributed by atoms with Crippen molar-refractivity contribution in [3.8, 4) is 5.75 Å². The zero-order valence-corrected chi connectivity index (χ0v) is 16.2. The van der Waals surface area contributed by atoms with Gasteiger partial charge in [-0.25, -0.2) is 4.39 Å². The van der Waals surface area contributed by atoms with E-state index in [4.69, 9.17) is 0 Å². The quantitative estimate of drug-likeness (QED) is 0.512. The SMILES string of the molecule is CC(C)(C)c1cc(F)c(NC(=O)c2c[nH]c3c(C(F)(F)F)cccc3c2=O)cc1O. The molecule has 0 spiro atoms. The van der Waals surface area contributed by atoms with Crippen molar-refractivity contribution in [3.05, 3.63) is 69.3 Å². The van der Waals surface area contributed by atoms with Crippen molar-refractivity contribution in [1.82, 2.24) is 4.98 Å². The number of fused-ring (bicyclic) bond motifs is 1. The van der Waals surface area contributed by atoms with Crippen molar-refractivity contribution in [3.63, 3.8) is 0 Å². The van der Waals surface area contributed by atoms with Gasteiger partial charge >= 0.3 is 6.18 Å². The standard InChI is InChI=1S/C21H18F4N2O3/c1-20(2,3)13-7-14(22)15(8-16(13)28)27-19(30)11-9-26-17-10(18(11)29)5-4-6-12(17)21(23,24)25/h4-9,28H,1-3H3,(H,26,29)(H,27,30). The number of hydrogen-bond donors (Lipinski definition) is 3. The molecule has 0 saturated heterocycles. The molecule has 0 atom stereocenters. The van der Waals surface area contributed by atoms with Crippen LogP contribution in [0.25, 0.3) is 10.9 Å². The summed E-state index contributed by atoms with van der Waals surface area (Å²) in [7, 11) is 0. The van der Waals surface area contributed by atoms with Crippen LogP contribution in [0.3, 0.4) is 0 Å². The first-order valence-electron chi connectivity index (χ1n) is 8.86. The topological polar surface area (TPSA) is 82.2 Å². The Bertz CT molecular complexity index is 1210. The highest BCUT2D eigenvalue weighted by molar-refractivity contribution is 6.06. The Balaban J connectivity index is 2.02. The van der Waals surface area contributed by atoms with Gasteiger partial charge in [-0.1, -0.05) is 26.8 Å². The zero-order chi connectivity index (χ0) is 22.4. The highest BCUT2D eigenvalue weighted by atomic mass is 19.4. The molecular weight excluding hydrogens is 404 g/mol. The molecule has 0 radical (unpaired) electrons. The molecule has 0 unspecified atom stereocenters.